The first-order chi connectivity index (χ1) is 12.2. The van der Waals surface area contributed by atoms with Crippen LogP contribution < -0.4 is 0 Å². The molecule has 0 heterocycles. The van der Waals surface area contributed by atoms with Gasteiger partial charge in [-0.3, -0.25) is 0 Å². The molecule has 0 aromatic rings. The van der Waals surface area contributed by atoms with Crippen LogP contribution in [0.25, 0.3) is 0 Å². The van der Waals surface area contributed by atoms with Crippen molar-refractivity contribution in [2.24, 2.45) is 3.85 Å². The maximum absolute atomic E-state index is 8.54. The molecule has 0 saturated heterocycles. The molecule has 0 fully saturated rings. The van der Waals surface area contributed by atoms with Gasteiger partial charge in [0, 0.05) is 0 Å². The topological polar surface area (TPSA) is 38.7 Å². The Morgan fingerprint density at radius 1 is 0.808 bits per heavy atom. The van der Waals surface area contributed by atoms with Gasteiger partial charge in [-0.05, 0) is 25.7 Å². The number of unbranched alkanes of at least 4 members (excludes halogenated alkanes) is 4. The molecule has 0 bridgehead atoms. The normalized spacial score (nSPS) is 11.1. The Kier molecular flexibility index (Phi) is 27.8. The summed E-state index contributed by atoms with van der Waals surface area (Å²) in [6.07, 6.45) is 11.1. The van der Waals surface area contributed by atoms with Crippen molar-refractivity contribution in [2.45, 2.75) is 83.0 Å². The summed E-state index contributed by atoms with van der Waals surface area (Å²) in [5.41, 5.74) is 0. The second kappa shape index (κ2) is 22.6. The van der Waals surface area contributed by atoms with E-state index in [9.17, 15) is 0 Å². The van der Waals surface area contributed by atoms with Gasteiger partial charge in [-0.2, -0.15) is 0 Å². The first kappa shape index (κ1) is 32.0. The molecule has 0 amide bonds. The average Bonchev–Trinajstić information content (AvgIpc) is 2.61. The summed E-state index contributed by atoms with van der Waals surface area (Å²) in [5.74, 6) is 0. The van der Waals surface area contributed by atoms with Crippen LogP contribution in [0.2, 0.25) is 0 Å². The van der Waals surface area contributed by atoms with Crippen molar-refractivity contribution in [3.63, 3.8) is 0 Å². The number of alkyl halides is 3. The summed E-state index contributed by atoms with van der Waals surface area (Å²) in [7, 11) is 0. The second-order valence-electron chi connectivity index (χ2n) is 6.24. The maximum atomic E-state index is 8.54. The molecular weight excluding hydrogens is 504 g/mol. The van der Waals surface area contributed by atoms with Crippen LogP contribution in [0.15, 0.2) is 3.85 Å². The third-order valence-electron chi connectivity index (χ3n) is 4.03. The predicted molar refractivity (Wildman–Crippen MR) is 112 cm³/mol. The van der Waals surface area contributed by atoms with E-state index in [0.29, 0.717) is 0 Å². The molecule has 26 heavy (non-hydrogen) atoms. The van der Waals surface area contributed by atoms with Gasteiger partial charge in [-0.25, -0.2) is 4.29 Å². The van der Waals surface area contributed by atoms with Gasteiger partial charge in [-0.15, -0.1) is 0 Å². The van der Waals surface area contributed by atoms with Gasteiger partial charge in [0.15, 0.2) is 0 Å². The van der Waals surface area contributed by atoms with Gasteiger partial charge in [0.25, 0.3) is 0 Å². The number of hydrogen-bond acceptors (Lipinski definition) is 3. The minimum atomic E-state index is -1.78. The van der Waals surface area contributed by atoms with Gasteiger partial charge in [0.2, 0.25) is 0 Å². The number of hydrogen-bond donors (Lipinski definition) is 0. The van der Waals surface area contributed by atoms with Crippen LogP contribution in [0.1, 0.15) is 79.1 Å². The molecule has 0 aromatic heterocycles. The number of rotatable bonds is 12. The predicted octanol–water partition coefficient (Wildman–Crippen LogP) is 7.70. The zero-order chi connectivity index (χ0) is 20.9. The molecule has 0 unspecified atom stereocenters. The summed E-state index contributed by atoms with van der Waals surface area (Å²) in [6, 6.07) is 0. The van der Waals surface area contributed by atoms with E-state index in [1.807, 2.05) is 0 Å². The standard InChI is InChI=1S/C16H36N.CCl4O.NO.Tc/c1-5-9-13-17(14-10-6-2,15-11-7-3)16-12-8-4;2-1(3,4)6-5;1-2;/h5-16H2,1-4H3;;;/q+1;;-1;+2. The fourth-order valence-corrected chi connectivity index (χ4v) is 2.64. The van der Waals surface area contributed by atoms with Crippen LogP contribution in [-0.2, 0) is 23.4 Å². The summed E-state index contributed by atoms with van der Waals surface area (Å²) in [4.78, 5) is 8.54. The van der Waals surface area contributed by atoms with Crippen molar-refractivity contribution in [1.29, 1.82) is 0 Å². The fraction of sp³-hybridized carbons (Fsp3) is 1.00. The van der Waals surface area contributed by atoms with Crippen molar-refractivity contribution in [3.05, 3.63) is 4.91 Å². The molecule has 0 radical (unpaired) electrons. The van der Waals surface area contributed by atoms with E-state index >= 15 is 0 Å². The van der Waals surface area contributed by atoms with Gasteiger partial charge in [-0.1, -0.05) is 88.2 Å². The van der Waals surface area contributed by atoms with Crippen LogP contribution in [-0.4, -0.2) is 34.6 Å². The molecule has 0 aliphatic rings. The SMILES string of the molecule is CCCC[N+](CCCC)(CCCC)CCCC.ClOC(Cl)(Cl)Cl.O=[N][Tc+]. The van der Waals surface area contributed by atoms with E-state index in [2.05, 4.69) is 47.7 Å². The first-order valence-corrected chi connectivity index (χ1v) is 11.6. The quantitative estimate of drug-likeness (QED) is 0.145. The van der Waals surface area contributed by atoms with Gasteiger partial charge in [0.05, 0.1) is 38.0 Å². The van der Waals surface area contributed by atoms with Crippen LogP contribution in [0.3, 0.4) is 0 Å². The Morgan fingerprint density at radius 3 is 1.12 bits per heavy atom. The van der Waals surface area contributed by atoms with Crippen molar-refractivity contribution in [3.8, 4) is 0 Å². The van der Waals surface area contributed by atoms with Crippen molar-refractivity contribution >= 4 is 46.7 Å². The summed E-state index contributed by atoms with van der Waals surface area (Å²) >= 11 is 20.6. The molecule has 0 rings (SSSR count). The van der Waals surface area contributed by atoms with E-state index in [0.717, 1.165) is 0 Å². The van der Waals surface area contributed by atoms with Gasteiger partial charge in [0.1, 0.15) is 0 Å². The Bertz CT molecular complexity index is 259. The third-order valence-corrected chi connectivity index (χ3v) is 4.73. The molecule has 4 nitrogen and oxygen atoms in total. The van der Waals surface area contributed by atoms with Crippen molar-refractivity contribution < 1.29 is 27.9 Å². The van der Waals surface area contributed by atoms with Gasteiger partial charge >= 0.3 is 31.9 Å². The zero-order valence-corrected chi connectivity index (χ0v) is 21.5. The molecule has 0 N–H and O–H groups in total. The Balaban J connectivity index is -0.000000486. The molecule has 0 atom stereocenters. The van der Waals surface area contributed by atoms with Crippen LogP contribution in [0, 0.1) is 4.91 Å². The second-order valence-corrected chi connectivity index (χ2v) is 8.91. The molecule has 0 saturated carbocycles. The Hall–Kier alpha value is 1.33. The van der Waals surface area contributed by atoms with E-state index in [-0.39, 0.29) is 0 Å². The van der Waals surface area contributed by atoms with Crippen molar-refractivity contribution in [1.82, 2.24) is 0 Å². The number of nitroso groups, excluding NO2 is 1. The molecule has 159 valence electrons. The summed E-state index contributed by atoms with van der Waals surface area (Å²) in [5, 5.41) is 0. The van der Waals surface area contributed by atoms with Crippen LogP contribution >= 0.6 is 46.7 Å². The number of quaternary nitrogens is 1. The zero-order valence-electron chi connectivity index (χ0n) is 16.6. The van der Waals surface area contributed by atoms with E-state index < -0.39 is 3.98 Å². The van der Waals surface area contributed by atoms with E-state index in [1.54, 1.807) is 0 Å². The molecule has 0 spiro atoms. The molecule has 0 aliphatic heterocycles. The number of nitrogens with zero attached hydrogens (tertiary/aromatic N) is 2. The minimum absolute atomic E-state index is 1.35. The Morgan fingerprint density at radius 2 is 1.00 bits per heavy atom. The fourth-order valence-electron chi connectivity index (χ4n) is 2.64. The average molecular weight is 540 g/mol. The first-order valence-electron chi connectivity index (χ1n) is 9.37. The van der Waals surface area contributed by atoms with Crippen LogP contribution in [0.4, 0.5) is 0 Å². The third kappa shape index (κ3) is 25.3. The van der Waals surface area contributed by atoms with Gasteiger partial charge < -0.3 is 4.48 Å². The monoisotopic (exact) mass is 537 g/mol. The molecule has 9 heteroatoms. The molecule has 0 aromatic carbocycles. The molecular formula is C17H36Cl4N2O2Tc+2. The van der Waals surface area contributed by atoms with Crippen LogP contribution in [0.5, 0.6) is 0 Å². The number of halogens is 4. The van der Waals surface area contributed by atoms with Crippen molar-refractivity contribution in [2.75, 3.05) is 26.2 Å². The van der Waals surface area contributed by atoms with E-state index in [1.165, 1.54) is 101 Å². The molecule has 0 aliphatic carbocycles. The summed E-state index contributed by atoms with van der Waals surface area (Å²) < 4.78 is 5.57. The summed E-state index contributed by atoms with van der Waals surface area (Å²) in [6.45, 7) is 15.0. The van der Waals surface area contributed by atoms with E-state index in [4.69, 9.17) is 39.7 Å². The Labute approximate surface area is 191 Å².